The highest BCUT2D eigenvalue weighted by Gasteiger charge is 2.40. The van der Waals surface area contributed by atoms with Crippen molar-refractivity contribution in [1.82, 2.24) is 4.98 Å². The third-order valence-electron chi connectivity index (χ3n) is 4.14. The molecule has 1 heterocycles. The van der Waals surface area contributed by atoms with Crippen LogP contribution in [0, 0.1) is 0 Å². The zero-order valence-corrected chi connectivity index (χ0v) is 18.2. The molecule has 1 amide bonds. The molecular formula is C23H19F3N2O4S. The number of nitrogens with zero attached hydrogens (tertiary/aromatic N) is 1. The molecule has 1 aromatic heterocycles. The molecule has 0 atom stereocenters. The zero-order chi connectivity index (χ0) is 23.8. The van der Waals surface area contributed by atoms with Gasteiger partial charge >= 0.3 is 12.1 Å². The first-order valence-electron chi connectivity index (χ1n) is 9.77. The number of carbonyl (C=O) groups is 2. The molecule has 0 aliphatic carbocycles. The maximum atomic E-state index is 13.2. The Hall–Kier alpha value is -3.66. The molecule has 33 heavy (non-hydrogen) atoms. The molecule has 3 aromatic rings. The Kier molecular flexibility index (Phi) is 7.83. The second-order valence-electron chi connectivity index (χ2n) is 6.58. The number of carbonyl (C=O) groups excluding carboxylic acids is 2. The first-order valence-corrected chi connectivity index (χ1v) is 10.6. The minimum Gasteiger partial charge on any atom is -0.489 e. The number of rotatable bonds is 8. The summed E-state index contributed by atoms with van der Waals surface area (Å²) in [5.74, 6) is -1.19. The van der Waals surface area contributed by atoms with Crippen molar-refractivity contribution in [2.45, 2.75) is 19.7 Å². The van der Waals surface area contributed by atoms with E-state index in [1.165, 1.54) is 13.0 Å². The van der Waals surface area contributed by atoms with Gasteiger partial charge < -0.3 is 9.47 Å². The van der Waals surface area contributed by atoms with E-state index in [4.69, 9.17) is 4.74 Å². The lowest BCUT2D eigenvalue weighted by atomic mass is 10.2. The van der Waals surface area contributed by atoms with Gasteiger partial charge in [-0.1, -0.05) is 53.8 Å². The minimum atomic E-state index is -4.86. The van der Waals surface area contributed by atoms with Crippen molar-refractivity contribution >= 4 is 34.4 Å². The topological polar surface area (TPSA) is 77.5 Å². The standard InChI is InChI=1S/C23H19F3N2O4S/c1-2-31-21(30)19-20(23(24,25)26)28-22(33-19)27-18(29)13-10-15-8-11-17(12-9-15)32-14-16-6-4-3-5-7-16/h3-13H,2,14H2,1H3,(H,27,28,29)/b13-10+. The van der Waals surface area contributed by atoms with Crippen LogP contribution in [0.2, 0.25) is 0 Å². The quantitative estimate of drug-likeness (QED) is 0.340. The number of anilines is 1. The predicted octanol–water partition coefficient (Wildman–Crippen LogP) is 5.57. The van der Waals surface area contributed by atoms with E-state index in [1.54, 1.807) is 24.3 Å². The van der Waals surface area contributed by atoms with Crippen LogP contribution in [0.4, 0.5) is 18.3 Å². The van der Waals surface area contributed by atoms with Crippen LogP contribution in [0.3, 0.4) is 0 Å². The number of benzene rings is 2. The Morgan fingerprint density at radius 3 is 2.42 bits per heavy atom. The Balaban J connectivity index is 1.61. The molecule has 3 rings (SSSR count). The largest absolute Gasteiger partial charge is 0.489 e. The minimum absolute atomic E-state index is 0.0887. The third kappa shape index (κ3) is 6.91. The van der Waals surface area contributed by atoms with Crippen molar-refractivity contribution in [3.63, 3.8) is 0 Å². The first-order chi connectivity index (χ1) is 15.8. The van der Waals surface area contributed by atoms with Crippen molar-refractivity contribution in [1.29, 1.82) is 0 Å². The molecule has 0 aliphatic heterocycles. The second kappa shape index (κ2) is 10.8. The van der Waals surface area contributed by atoms with Crippen molar-refractivity contribution in [2.75, 3.05) is 11.9 Å². The van der Waals surface area contributed by atoms with Crippen molar-refractivity contribution < 1.29 is 32.2 Å². The zero-order valence-electron chi connectivity index (χ0n) is 17.4. The van der Waals surface area contributed by atoms with Crippen LogP contribution < -0.4 is 10.1 Å². The number of hydrogen-bond acceptors (Lipinski definition) is 6. The summed E-state index contributed by atoms with van der Waals surface area (Å²) in [4.78, 5) is 26.5. The van der Waals surface area contributed by atoms with Crippen LogP contribution >= 0.6 is 11.3 Å². The van der Waals surface area contributed by atoms with Crippen LogP contribution in [-0.4, -0.2) is 23.5 Å². The molecular weight excluding hydrogens is 457 g/mol. The number of aromatic nitrogens is 1. The van der Waals surface area contributed by atoms with E-state index in [9.17, 15) is 22.8 Å². The van der Waals surface area contributed by atoms with Gasteiger partial charge in [0.1, 0.15) is 17.2 Å². The molecule has 0 saturated carbocycles. The van der Waals surface area contributed by atoms with Crippen molar-refractivity contribution in [3.05, 3.63) is 82.4 Å². The fourth-order valence-electron chi connectivity index (χ4n) is 2.64. The molecule has 0 bridgehead atoms. The highest BCUT2D eigenvalue weighted by atomic mass is 32.1. The smallest absolute Gasteiger partial charge is 0.435 e. The summed E-state index contributed by atoms with van der Waals surface area (Å²) in [7, 11) is 0. The maximum Gasteiger partial charge on any atom is 0.435 e. The van der Waals surface area contributed by atoms with Gasteiger partial charge in [-0.05, 0) is 36.3 Å². The van der Waals surface area contributed by atoms with E-state index >= 15 is 0 Å². The van der Waals surface area contributed by atoms with Gasteiger partial charge in [-0.25, -0.2) is 9.78 Å². The van der Waals surface area contributed by atoms with Crippen LogP contribution in [0.1, 0.15) is 33.4 Å². The number of halogens is 3. The normalized spacial score (nSPS) is 11.4. The predicted molar refractivity (Wildman–Crippen MR) is 118 cm³/mol. The summed E-state index contributed by atoms with van der Waals surface area (Å²) in [5, 5.41) is 1.88. The summed E-state index contributed by atoms with van der Waals surface area (Å²) in [5.41, 5.74) is 0.316. The number of ether oxygens (including phenoxy) is 2. The molecule has 0 radical (unpaired) electrons. The van der Waals surface area contributed by atoms with Crippen molar-refractivity contribution in [3.8, 4) is 5.75 Å². The summed E-state index contributed by atoms with van der Waals surface area (Å²) >= 11 is 0.402. The van der Waals surface area contributed by atoms with Gasteiger partial charge in [0.15, 0.2) is 10.8 Å². The molecule has 0 aliphatic rings. The van der Waals surface area contributed by atoms with E-state index in [2.05, 4.69) is 15.0 Å². The van der Waals surface area contributed by atoms with E-state index in [1.807, 2.05) is 30.3 Å². The van der Waals surface area contributed by atoms with E-state index in [-0.39, 0.29) is 11.7 Å². The number of nitrogens with one attached hydrogen (secondary N) is 1. The second-order valence-corrected chi connectivity index (χ2v) is 7.58. The molecule has 172 valence electrons. The van der Waals surface area contributed by atoms with Gasteiger partial charge in [0.25, 0.3) is 0 Å². The lowest BCUT2D eigenvalue weighted by Gasteiger charge is -2.06. The van der Waals surface area contributed by atoms with E-state index < -0.39 is 28.6 Å². The maximum absolute atomic E-state index is 13.2. The summed E-state index contributed by atoms with van der Waals surface area (Å²) in [6.07, 6.45) is -2.22. The lowest BCUT2D eigenvalue weighted by molar-refractivity contribution is -0.141. The van der Waals surface area contributed by atoms with Gasteiger partial charge in [-0.15, -0.1) is 0 Å². The fourth-order valence-corrected chi connectivity index (χ4v) is 3.52. The van der Waals surface area contributed by atoms with Gasteiger partial charge in [0.05, 0.1) is 6.61 Å². The molecule has 1 N–H and O–H groups in total. The number of amides is 1. The highest BCUT2D eigenvalue weighted by molar-refractivity contribution is 7.17. The van der Waals surface area contributed by atoms with Gasteiger partial charge in [-0.2, -0.15) is 13.2 Å². The third-order valence-corrected chi connectivity index (χ3v) is 5.09. The van der Waals surface area contributed by atoms with Crippen LogP contribution in [0.5, 0.6) is 5.75 Å². The molecule has 10 heteroatoms. The Labute approximate surface area is 191 Å². The summed E-state index contributed by atoms with van der Waals surface area (Å²) in [6.45, 7) is 1.80. The van der Waals surface area contributed by atoms with E-state index in [0.717, 1.165) is 11.6 Å². The van der Waals surface area contributed by atoms with Crippen molar-refractivity contribution in [2.24, 2.45) is 0 Å². The average Bonchev–Trinajstić information content (AvgIpc) is 3.22. The van der Waals surface area contributed by atoms with Crippen LogP contribution in [0.25, 0.3) is 6.08 Å². The average molecular weight is 476 g/mol. The van der Waals surface area contributed by atoms with Gasteiger partial charge in [-0.3, -0.25) is 10.1 Å². The molecule has 6 nitrogen and oxygen atoms in total. The monoisotopic (exact) mass is 476 g/mol. The number of alkyl halides is 3. The number of thiazole rings is 1. The SMILES string of the molecule is CCOC(=O)c1sc(NC(=O)/C=C/c2ccc(OCc3ccccc3)cc2)nc1C(F)(F)F. The Bertz CT molecular complexity index is 1130. The molecule has 0 spiro atoms. The Morgan fingerprint density at radius 2 is 1.79 bits per heavy atom. The molecule has 2 aromatic carbocycles. The highest BCUT2D eigenvalue weighted by Crippen LogP contribution is 2.36. The van der Waals surface area contributed by atoms with Crippen LogP contribution in [-0.2, 0) is 22.3 Å². The number of hydrogen-bond donors (Lipinski definition) is 1. The number of esters is 1. The molecule has 0 unspecified atom stereocenters. The molecule has 0 saturated heterocycles. The summed E-state index contributed by atoms with van der Waals surface area (Å²) < 4.78 is 49.8. The fraction of sp³-hybridized carbons (Fsp3) is 0.174. The van der Waals surface area contributed by atoms with Gasteiger partial charge in [0, 0.05) is 6.08 Å². The first kappa shape index (κ1) is 24.0. The van der Waals surface area contributed by atoms with Crippen LogP contribution in [0.15, 0.2) is 60.7 Å². The molecule has 0 fully saturated rings. The summed E-state index contributed by atoms with van der Waals surface area (Å²) in [6, 6.07) is 16.6. The lowest BCUT2D eigenvalue weighted by Crippen LogP contribution is -2.14. The van der Waals surface area contributed by atoms with E-state index in [0.29, 0.717) is 29.3 Å². The Morgan fingerprint density at radius 1 is 1.09 bits per heavy atom. The van der Waals surface area contributed by atoms with Gasteiger partial charge in [0.2, 0.25) is 5.91 Å².